The Bertz CT molecular complexity index is 833. The number of fused-ring (bicyclic) bond motifs is 1. The van der Waals surface area contributed by atoms with Gasteiger partial charge in [-0.15, -0.1) is 0 Å². The van der Waals surface area contributed by atoms with Gasteiger partial charge in [-0.3, -0.25) is 4.98 Å². The minimum absolute atomic E-state index is 0.325. The quantitative estimate of drug-likeness (QED) is 0.657. The van der Waals surface area contributed by atoms with Gasteiger partial charge in [-0.25, -0.2) is 4.39 Å². The number of nitrogen functional groups attached to an aromatic ring is 1. The lowest BCUT2D eigenvalue weighted by atomic mass is 10.1. The summed E-state index contributed by atoms with van der Waals surface area (Å²) >= 11 is 3.46. The number of hydrogen-bond acceptors (Lipinski definition) is 3. The van der Waals surface area contributed by atoms with Gasteiger partial charge >= 0.3 is 0 Å². The highest BCUT2D eigenvalue weighted by Gasteiger charge is 2.13. The summed E-state index contributed by atoms with van der Waals surface area (Å²) in [7, 11) is 0. The molecular formula is C16H13BrFN3. The third-order valence-corrected chi connectivity index (χ3v) is 3.95. The van der Waals surface area contributed by atoms with E-state index in [1.165, 1.54) is 6.07 Å². The predicted octanol–water partition coefficient (Wildman–Crippen LogP) is 4.77. The average molecular weight is 346 g/mol. The maximum Gasteiger partial charge on any atom is 0.150 e. The van der Waals surface area contributed by atoms with E-state index in [1.807, 2.05) is 31.2 Å². The molecule has 106 valence electrons. The van der Waals surface area contributed by atoms with Crippen LogP contribution < -0.4 is 11.1 Å². The van der Waals surface area contributed by atoms with E-state index in [1.54, 1.807) is 12.3 Å². The van der Waals surface area contributed by atoms with E-state index in [0.29, 0.717) is 16.9 Å². The van der Waals surface area contributed by atoms with Crippen LogP contribution >= 0.6 is 15.9 Å². The zero-order valence-electron chi connectivity index (χ0n) is 11.3. The number of aryl methyl sites for hydroxylation is 1. The Morgan fingerprint density at radius 1 is 1.24 bits per heavy atom. The molecule has 0 aliphatic rings. The molecule has 0 atom stereocenters. The number of pyridine rings is 1. The number of aromatic nitrogens is 1. The number of nitrogens with one attached hydrogen (secondary N) is 1. The zero-order chi connectivity index (χ0) is 15.0. The Labute approximate surface area is 130 Å². The van der Waals surface area contributed by atoms with Crippen molar-refractivity contribution < 1.29 is 4.39 Å². The molecule has 0 radical (unpaired) electrons. The molecule has 1 aromatic heterocycles. The normalized spacial score (nSPS) is 10.8. The van der Waals surface area contributed by atoms with Crippen molar-refractivity contribution in [3.05, 3.63) is 58.4 Å². The van der Waals surface area contributed by atoms with E-state index >= 15 is 0 Å². The summed E-state index contributed by atoms with van der Waals surface area (Å²) in [5.41, 5.74) is 8.94. The lowest BCUT2D eigenvalue weighted by molar-refractivity contribution is 0.634. The Morgan fingerprint density at radius 2 is 2.05 bits per heavy atom. The van der Waals surface area contributed by atoms with Crippen LogP contribution in [0.25, 0.3) is 10.9 Å². The van der Waals surface area contributed by atoms with Gasteiger partial charge in [0, 0.05) is 21.7 Å². The number of anilines is 3. The van der Waals surface area contributed by atoms with Crippen LogP contribution in [0.2, 0.25) is 0 Å². The number of nitrogens with two attached hydrogens (primary N) is 1. The van der Waals surface area contributed by atoms with E-state index in [-0.39, 0.29) is 0 Å². The monoisotopic (exact) mass is 345 g/mol. The number of rotatable bonds is 2. The summed E-state index contributed by atoms with van der Waals surface area (Å²) in [6.07, 6.45) is 1.62. The summed E-state index contributed by atoms with van der Waals surface area (Å²) in [4.78, 5) is 4.25. The fourth-order valence-electron chi connectivity index (χ4n) is 2.23. The van der Waals surface area contributed by atoms with E-state index in [0.717, 1.165) is 21.1 Å². The van der Waals surface area contributed by atoms with Gasteiger partial charge in [0.2, 0.25) is 0 Å². The van der Waals surface area contributed by atoms with Crippen molar-refractivity contribution >= 4 is 43.9 Å². The van der Waals surface area contributed by atoms with Gasteiger partial charge in [-0.05, 0) is 58.7 Å². The maximum atomic E-state index is 14.3. The molecule has 21 heavy (non-hydrogen) atoms. The smallest absolute Gasteiger partial charge is 0.150 e. The molecular weight excluding hydrogens is 333 g/mol. The van der Waals surface area contributed by atoms with Crippen molar-refractivity contribution in [2.24, 2.45) is 0 Å². The SMILES string of the molecule is Cc1ccc(Br)c(Nc2c(F)cc(N)c3cccnc23)c1. The van der Waals surface area contributed by atoms with E-state index in [4.69, 9.17) is 5.73 Å². The molecule has 0 amide bonds. The second-order valence-electron chi connectivity index (χ2n) is 4.83. The highest BCUT2D eigenvalue weighted by atomic mass is 79.9. The maximum absolute atomic E-state index is 14.3. The van der Waals surface area contributed by atoms with Gasteiger partial charge in [-0.2, -0.15) is 0 Å². The lowest BCUT2D eigenvalue weighted by Gasteiger charge is -2.13. The van der Waals surface area contributed by atoms with Gasteiger partial charge in [0.25, 0.3) is 0 Å². The minimum Gasteiger partial charge on any atom is -0.398 e. The fraction of sp³-hybridized carbons (Fsp3) is 0.0625. The van der Waals surface area contributed by atoms with Gasteiger partial charge < -0.3 is 11.1 Å². The molecule has 3 N–H and O–H groups in total. The van der Waals surface area contributed by atoms with Crippen LogP contribution in [0.3, 0.4) is 0 Å². The molecule has 3 aromatic rings. The Morgan fingerprint density at radius 3 is 2.86 bits per heavy atom. The average Bonchev–Trinajstić information content (AvgIpc) is 2.47. The molecule has 0 saturated carbocycles. The van der Waals surface area contributed by atoms with Crippen molar-refractivity contribution in [2.45, 2.75) is 6.92 Å². The van der Waals surface area contributed by atoms with Crippen LogP contribution in [0.1, 0.15) is 5.56 Å². The van der Waals surface area contributed by atoms with Crippen LogP contribution in [0.15, 0.2) is 47.1 Å². The Balaban J connectivity index is 2.19. The molecule has 0 aliphatic heterocycles. The van der Waals surface area contributed by atoms with Crippen LogP contribution in [0.5, 0.6) is 0 Å². The van der Waals surface area contributed by atoms with Crippen molar-refractivity contribution in [3.63, 3.8) is 0 Å². The largest absolute Gasteiger partial charge is 0.398 e. The molecule has 3 rings (SSSR count). The molecule has 1 heterocycles. The Hall–Kier alpha value is -2.14. The molecule has 0 unspecified atom stereocenters. The standard InChI is InChI=1S/C16H13BrFN3/c1-9-4-5-11(17)14(7-9)21-16-12(18)8-13(19)10-3-2-6-20-15(10)16/h2-8,21H,19H2,1H3. The number of benzene rings is 2. The molecule has 2 aromatic carbocycles. The highest BCUT2D eigenvalue weighted by molar-refractivity contribution is 9.10. The molecule has 5 heteroatoms. The summed E-state index contributed by atoms with van der Waals surface area (Å²) in [6, 6.07) is 10.8. The summed E-state index contributed by atoms with van der Waals surface area (Å²) in [6.45, 7) is 1.98. The molecule has 3 nitrogen and oxygen atoms in total. The first-order valence-electron chi connectivity index (χ1n) is 6.42. The van der Waals surface area contributed by atoms with Crippen molar-refractivity contribution in [1.29, 1.82) is 0 Å². The second-order valence-corrected chi connectivity index (χ2v) is 5.68. The summed E-state index contributed by atoms with van der Waals surface area (Å²) in [5, 5.41) is 3.84. The molecule has 0 saturated heterocycles. The lowest BCUT2D eigenvalue weighted by Crippen LogP contribution is -2.00. The van der Waals surface area contributed by atoms with E-state index in [2.05, 4.69) is 26.2 Å². The zero-order valence-corrected chi connectivity index (χ0v) is 12.9. The minimum atomic E-state index is -0.424. The number of nitrogens with zero attached hydrogens (tertiary/aromatic N) is 1. The van der Waals surface area contributed by atoms with Gasteiger partial charge in [0.05, 0.1) is 11.2 Å². The predicted molar refractivity (Wildman–Crippen MR) is 88.3 cm³/mol. The van der Waals surface area contributed by atoms with E-state index in [9.17, 15) is 4.39 Å². The van der Waals surface area contributed by atoms with Gasteiger partial charge in [0.1, 0.15) is 5.69 Å². The first-order chi connectivity index (χ1) is 10.1. The van der Waals surface area contributed by atoms with Crippen molar-refractivity contribution in [3.8, 4) is 0 Å². The number of halogens is 2. The first-order valence-corrected chi connectivity index (χ1v) is 7.21. The molecule has 0 fully saturated rings. The van der Waals surface area contributed by atoms with Crippen molar-refractivity contribution in [2.75, 3.05) is 11.1 Å². The van der Waals surface area contributed by atoms with E-state index < -0.39 is 5.82 Å². The third-order valence-electron chi connectivity index (χ3n) is 3.26. The summed E-state index contributed by atoms with van der Waals surface area (Å²) < 4.78 is 15.2. The topological polar surface area (TPSA) is 50.9 Å². The molecule has 0 aliphatic carbocycles. The fourth-order valence-corrected chi connectivity index (χ4v) is 2.57. The second kappa shape index (κ2) is 5.33. The van der Waals surface area contributed by atoms with Crippen LogP contribution in [-0.2, 0) is 0 Å². The van der Waals surface area contributed by atoms with Gasteiger partial charge in [-0.1, -0.05) is 6.07 Å². The Kier molecular flexibility index (Phi) is 3.51. The number of hydrogen-bond donors (Lipinski definition) is 2. The highest BCUT2D eigenvalue weighted by Crippen LogP contribution is 2.34. The van der Waals surface area contributed by atoms with Gasteiger partial charge in [0.15, 0.2) is 5.82 Å². The first kappa shape index (κ1) is 13.8. The van der Waals surface area contributed by atoms with Crippen molar-refractivity contribution in [1.82, 2.24) is 4.98 Å². The van der Waals surface area contributed by atoms with Crippen LogP contribution in [-0.4, -0.2) is 4.98 Å². The van der Waals surface area contributed by atoms with Crippen LogP contribution in [0, 0.1) is 12.7 Å². The third kappa shape index (κ3) is 2.56. The molecule has 0 bridgehead atoms. The summed E-state index contributed by atoms with van der Waals surface area (Å²) in [5.74, 6) is -0.424. The molecule has 0 spiro atoms. The van der Waals surface area contributed by atoms with Crippen LogP contribution in [0.4, 0.5) is 21.5 Å².